The van der Waals surface area contributed by atoms with Crippen LogP contribution in [0.15, 0.2) is 9.72 Å². The van der Waals surface area contributed by atoms with Crippen molar-refractivity contribution >= 4 is 23.1 Å². The second kappa shape index (κ2) is 7.07. The second-order valence-corrected chi connectivity index (χ2v) is 7.53. The van der Waals surface area contributed by atoms with E-state index in [0.29, 0.717) is 5.92 Å². The third-order valence-electron chi connectivity index (χ3n) is 4.06. The lowest BCUT2D eigenvalue weighted by Crippen LogP contribution is -2.51. The van der Waals surface area contributed by atoms with Crippen molar-refractivity contribution in [1.82, 2.24) is 10.3 Å². The van der Waals surface area contributed by atoms with Gasteiger partial charge in [-0.1, -0.05) is 25.1 Å². The maximum absolute atomic E-state index is 9.76. The Morgan fingerprint density at radius 2 is 2.47 bits per heavy atom. The first-order valence-corrected chi connectivity index (χ1v) is 8.97. The average molecular weight is 300 g/mol. The summed E-state index contributed by atoms with van der Waals surface area (Å²) in [5, 5.41) is 15.4. The Balaban J connectivity index is 1.84. The lowest BCUT2D eigenvalue weighted by atomic mass is 9.86. The molecule has 2 rings (SSSR count). The minimum atomic E-state index is -0.0197. The van der Waals surface area contributed by atoms with Crippen LogP contribution in [0.5, 0.6) is 0 Å². The molecule has 0 spiro atoms. The van der Waals surface area contributed by atoms with Gasteiger partial charge in [0.15, 0.2) is 0 Å². The molecule has 1 saturated carbocycles. The van der Waals surface area contributed by atoms with Crippen molar-refractivity contribution in [3.8, 4) is 0 Å². The summed E-state index contributed by atoms with van der Waals surface area (Å²) in [5.74, 6) is 1.70. The maximum Gasteiger partial charge on any atom is 0.150 e. The molecule has 0 aromatic carbocycles. The molecule has 3 nitrogen and oxygen atoms in total. The van der Waals surface area contributed by atoms with Crippen LogP contribution >= 0.6 is 23.1 Å². The van der Waals surface area contributed by atoms with E-state index in [1.54, 1.807) is 11.3 Å². The SMILES string of the molecule is CCNC1(CO)CCCC1CCSc1nc(C)cs1. The maximum atomic E-state index is 9.76. The molecule has 0 aliphatic heterocycles. The van der Waals surface area contributed by atoms with Crippen LogP contribution in [0.1, 0.15) is 38.3 Å². The van der Waals surface area contributed by atoms with Gasteiger partial charge in [-0.2, -0.15) is 0 Å². The number of rotatable bonds is 7. The highest BCUT2D eigenvalue weighted by molar-refractivity contribution is 8.00. The van der Waals surface area contributed by atoms with E-state index < -0.39 is 0 Å². The van der Waals surface area contributed by atoms with Crippen molar-refractivity contribution in [2.24, 2.45) is 5.92 Å². The third-order valence-corrected chi connectivity index (χ3v) is 6.23. The molecule has 0 bridgehead atoms. The van der Waals surface area contributed by atoms with Crippen molar-refractivity contribution in [2.45, 2.75) is 49.4 Å². The van der Waals surface area contributed by atoms with Crippen LogP contribution in [-0.4, -0.2) is 34.5 Å². The number of hydrogen-bond donors (Lipinski definition) is 2. The number of thioether (sulfide) groups is 1. The number of aliphatic hydroxyl groups excluding tert-OH is 1. The number of hydrogen-bond acceptors (Lipinski definition) is 5. The lowest BCUT2D eigenvalue weighted by molar-refractivity contribution is 0.124. The minimum Gasteiger partial charge on any atom is -0.394 e. The molecule has 1 aliphatic carbocycles. The summed E-state index contributed by atoms with van der Waals surface area (Å²) in [4.78, 5) is 4.48. The summed E-state index contributed by atoms with van der Waals surface area (Å²) in [7, 11) is 0. The molecule has 1 aromatic heterocycles. The lowest BCUT2D eigenvalue weighted by Gasteiger charge is -2.34. The fourth-order valence-electron chi connectivity index (χ4n) is 3.10. The highest BCUT2D eigenvalue weighted by atomic mass is 32.2. The average Bonchev–Trinajstić information content (AvgIpc) is 2.98. The predicted octanol–water partition coefficient (Wildman–Crippen LogP) is 3.07. The Bertz CT molecular complexity index is 397. The summed E-state index contributed by atoms with van der Waals surface area (Å²) in [5.41, 5.74) is 1.10. The molecule has 1 fully saturated rings. The Labute approximate surface area is 124 Å². The number of aryl methyl sites for hydroxylation is 1. The third kappa shape index (κ3) is 3.72. The van der Waals surface area contributed by atoms with Crippen LogP contribution in [0.2, 0.25) is 0 Å². The Morgan fingerprint density at radius 3 is 3.11 bits per heavy atom. The first-order chi connectivity index (χ1) is 9.20. The van der Waals surface area contributed by atoms with E-state index >= 15 is 0 Å². The molecule has 108 valence electrons. The van der Waals surface area contributed by atoms with E-state index in [0.717, 1.165) is 30.8 Å². The van der Waals surface area contributed by atoms with Gasteiger partial charge in [0.05, 0.1) is 6.61 Å². The number of aliphatic hydroxyl groups is 1. The molecule has 0 radical (unpaired) electrons. The van der Waals surface area contributed by atoms with E-state index in [1.165, 1.54) is 17.2 Å². The topological polar surface area (TPSA) is 45.1 Å². The minimum absolute atomic E-state index is 0.0197. The molecule has 19 heavy (non-hydrogen) atoms. The zero-order chi connectivity index (χ0) is 13.7. The number of nitrogens with one attached hydrogen (secondary N) is 1. The molecule has 2 N–H and O–H groups in total. The van der Waals surface area contributed by atoms with Crippen LogP contribution in [0.3, 0.4) is 0 Å². The quantitative estimate of drug-likeness (QED) is 0.760. The van der Waals surface area contributed by atoms with E-state index in [4.69, 9.17) is 0 Å². The Morgan fingerprint density at radius 1 is 1.63 bits per heavy atom. The van der Waals surface area contributed by atoms with Gasteiger partial charge in [0.2, 0.25) is 0 Å². The smallest absolute Gasteiger partial charge is 0.150 e. The highest BCUT2D eigenvalue weighted by Gasteiger charge is 2.41. The first-order valence-electron chi connectivity index (χ1n) is 7.11. The van der Waals surface area contributed by atoms with Crippen molar-refractivity contribution in [1.29, 1.82) is 0 Å². The fourth-order valence-corrected chi connectivity index (χ4v) is 5.07. The molecule has 2 unspecified atom stereocenters. The van der Waals surface area contributed by atoms with E-state index in [9.17, 15) is 5.11 Å². The normalized spacial score (nSPS) is 27.0. The van der Waals surface area contributed by atoms with E-state index in [-0.39, 0.29) is 12.1 Å². The van der Waals surface area contributed by atoms with E-state index in [1.807, 2.05) is 18.7 Å². The monoisotopic (exact) mass is 300 g/mol. The van der Waals surface area contributed by atoms with Gasteiger partial charge in [-0.05, 0) is 38.6 Å². The molecule has 0 saturated heterocycles. The molecule has 5 heteroatoms. The van der Waals surface area contributed by atoms with E-state index in [2.05, 4.69) is 22.6 Å². The molecule has 1 aliphatic rings. The molecule has 0 amide bonds. The number of aromatic nitrogens is 1. The van der Waals surface area contributed by atoms with Crippen LogP contribution in [0, 0.1) is 12.8 Å². The van der Waals surface area contributed by atoms with Gasteiger partial charge >= 0.3 is 0 Å². The van der Waals surface area contributed by atoms with Crippen molar-refractivity contribution in [3.05, 3.63) is 11.1 Å². The standard InChI is InChI=1S/C14H24N2OS2/c1-3-15-14(10-17)7-4-5-12(14)6-8-18-13-16-11(2)9-19-13/h9,12,15,17H,3-8,10H2,1-2H3. The molecular weight excluding hydrogens is 276 g/mol. The van der Waals surface area contributed by atoms with Crippen molar-refractivity contribution in [3.63, 3.8) is 0 Å². The van der Waals surface area contributed by atoms with Gasteiger partial charge in [0, 0.05) is 22.4 Å². The molecule has 1 heterocycles. The van der Waals surface area contributed by atoms with Crippen LogP contribution in [0.25, 0.3) is 0 Å². The van der Waals surface area contributed by atoms with Crippen LogP contribution in [0.4, 0.5) is 0 Å². The van der Waals surface area contributed by atoms with Gasteiger partial charge in [-0.25, -0.2) is 4.98 Å². The number of likely N-dealkylation sites (N-methyl/N-ethyl adjacent to an activating group) is 1. The highest BCUT2D eigenvalue weighted by Crippen LogP contribution is 2.39. The summed E-state index contributed by atoms with van der Waals surface area (Å²) in [6, 6.07) is 0. The summed E-state index contributed by atoms with van der Waals surface area (Å²) < 4.78 is 1.17. The predicted molar refractivity (Wildman–Crippen MR) is 83.0 cm³/mol. The molecule has 2 atom stereocenters. The van der Waals surface area contributed by atoms with Gasteiger partial charge in [-0.3, -0.25) is 0 Å². The van der Waals surface area contributed by atoms with Crippen LogP contribution < -0.4 is 5.32 Å². The largest absolute Gasteiger partial charge is 0.394 e. The Kier molecular flexibility index (Phi) is 5.69. The summed E-state index contributed by atoms with van der Waals surface area (Å²) in [6.45, 7) is 5.38. The van der Waals surface area contributed by atoms with Gasteiger partial charge in [0.1, 0.15) is 4.34 Å². The zero-order valence-electron chi connectivity index (χ0n) is 11.8. The van der Waals surface area contributed by atoms with Gasteiger partial charge in [0.25, 0.3) is 0 Å². The number of nitrogens with zero attached hydrogens (tertiary/aromatic N) is 1. The Hall–Kier alpha value is -0.100. The van der Waals surface area contributed by atoms with Crippen molar-refractivity contribution in [2.75, 3.05) is 18.9 Å². The zero-order valence-corrected chi connectivity index (χ0v) is 13.4. The second-order valence-electron chi connectivity index (χ2n) is 5.33. The summed E-state index contributed by atoms with van der Waals surface area (Å²) >= 11 is 3.59. The first kappa shape index (κ1) is 15.3. The number of thiazole rings is 1. The molecular formula is C14H24N2OS2. The van der Waals surface area contributed by atoms with Crippen molar-refractivity contribution < 1.29 is 5.11 Å². The van der Waals surface area contributed by atoms with Gasteiger partial charge in [-0.15, -0.1) is 11.3 Å². The van der Waals surface area contributed by atoms with Crippen LogP contribution in [-0.2, 0) is 0 Å². The summed E-state index contributed by atoms with van der Waals surface area (Å²) in [6.07, 6.45) is 4.75. The fraction of sp³-hybridized carbons (Fsp3) is 0.786. The molecule has 1 aromatic rings. The van der Waals surface area contributed by atoms with Gasteiger partial charge < -0.3 is 10.4 Å².